The molecular weight excluding hydrogens is 325 g/mol. The van der Waals surface area contributed by atoms with Crippen molar-refractivity contribution in [2.24, 2.45) is 0 Å². The van der Waals surface area contributed by atoms with Crippen molar-refractivity contribution in [3.63, 3.8) is 0 Å². The van der Waals surface area contributed by atoms with Gasteiger partial charge < -0.3 is 14.7 Å². The number of aliphatic hydroxyl groups excluding tert-OH is 1. The van der Waals surface area contributed by atoms with Gasteiger partial charge in [-0.2, -0.15) is 0 Å². The minimum atomic E-state index is -0.695. The van der Waals surface area contributed by atoms with Crippen molar-refractivity contribution in [2.75, 3.05) is 13.2 Å². The molecule has 1 amide bonds. The molecule has 0 saturated carbocycles. The molecule has 25 heavy (non-hydrogen) atoms. The van der Waals surface area contributed by atoms with Crippen LogP contribution in [0, 0.1) is 5.82 Å². The highest BCUT2D eigenvalue weighted by atomic mass is 19.1. The number of hydrogen-bond donors (Lipinski definition) is 1. The average Bonchev–Trinajstić information content (AvgIpc) is 2.83. The average molecular weight is 349 g/mol. The van der Waals surface area contributed by atoms with Crippen LogP contribution in [0.4, 0.5) is 4.39 Å². The summed E-state index contributed by atoms with van der Waals surface area (Å²) in [6, 6.07) is 4.94. The fourth-order valence-electron chi connectivity index (χ4n) is 2.91. The predicted molar refractivity (Wildman–Crippen MR) is 91.5 cm³/mol. The van der Waals surface area contributed by atoms with Gasteiger partial charge in [0.15, 0.2) is 11.5 Å². The molecule has 0 spiro atoms. The third-order valence-corrected chi connectivity index (χ3v) is 4.11. The van der Waals surface area contributed by atoms with E-state index in [0.29, 0.717) is 25.1 Å². The summed E-state index contributed by atoms with van der Waals surface area (Å²) < 4.78 is 18.7. The van der Waals surface area contributed by atoms with Gasteiger partial charge in [0, 0.05) is 19.6 Å². The smallest absolute Gasteiger partial charge is 0.290 e. The minimum absolute atomic E-state index is 0.0869. The number of carbonyl (C=O) groups excluding carboxylic acids is 2. The van der Waals surface area contributed by atoms with Crippen LogP contribution >= 0.6 is 0 Å². The van der Waals surface area contributed by atoms with Gasteiger partial charge >= 0.3 is 0 Å². The monoisotopic (exact) mass is 349 g/mol. The number of nitrogens with zero attached hydrogens (tertiary/aromatic N) is 1. The molecule has 5 nitrogen and oxygen atoms in total. The first-order valence-corrected chi connectivity index (χ1v) is 8.51. The minimum Gasteiger partial charge on any atom is -0.503 e. The Bertz CT molecular complexity index is 667. The summed E-state index contributed by atoms with van der Waals surface area (Å²) in [6.45, 7) is 6.32. The fourth-order valence-corrected chi connectivity index (χ4v) is 2.91. The van der Waals surface area contributed by atoms with Gasteiger partial charge in [-0.3, -0.25) is 9.59 Å². The second-order valence-corrected chi connectivity index (χ2v) is 6.26. The van der Waals surface area contributed by atoms with E-state index in [0.717, 1.165) is 0 Å². The molecule has 0 radical (unpaired) electrons. The van der Waals surface area contributed by atoms with Crippen molar-refractivity contribution in [1.82, 2.24) is 4.90 Å². The SMILES string of the molecule is CCC(=O)C1=C(O)C(=O)N(CCCOC(C)C)C1c1ccc(F)cc1. The van der Waals surface area contributed by atoms with Crippen LogP contribution in [0.1, 0.15) is 45.2 Å². The van der Waals surface area contributed by atoms with Gasteiger partial charge in [0.25, 0.3) is 5.91 Å². The molecule has 1 heterocycles. The zero-order valence-corrected chi connectivity index (χ0v) is 14.8. The van der Waals surface area contributed by atoms with E-state index in [1.165, 1.54) is 29.2 Å². The van der Waals surface area contributed by atoms with Gasteiger partial charge in [0.2, 0.25) is 0 Å². The molecule has 1 aliphatic heterocycles. The summed E-state index contributed by atoms with van der Waals surface area (Å²) in [5.74, 6) is -1.77. The molecule has 136 valence electrons. The number of carbonyl (C=O) groups is 2. The van der Waals surface area contributed by atoms with E-state index in [2.05, 4.69) is 0 Å². The number of benzene rings is 1. The number of aliphatic hydroxyl groups is 1. The van der Waals surface area contributed by atoms with Crippen LogP contribution in [-0.2, 0) is 14.3 Å². The highest BCUT2D eigenvalue weighted by Gasteiger charge is 2.42. The molecule has 1 N–H and O–H groups in total. The maximum atomic E-state index is 13.2. The van der Waals surface area contributed by atoms with Gasteiger partial charge in [-0.1, -0.05) is 19.1 Å². The van der Waals surface area contributed by atoms with Crippen molar-refractivity contribution in [1.29, 1.82) is 0 Å². The van der Waals surface area contributed by atoms with E-state index < -0.39 is 23.5 Å². The molecule has 0 saturated heterocycles. The first-order valence-electron chi connectivity index (χ1n) is 8.51. The molecule has 1 aromatic rings. The number of ether oxygens (including phenoxy) is 1. The summed E-state index contributed by atoms with van der Waals surface area (Å²) in [5, 5.41) is 10.2. The van der Waals surface area contributed by atoms with Crippen molar-refractivity contribution in [3.8, 4) is 0 Å². The number of Topliss-reactive ketones (excluding diaryl/α,β-unsaturated/α-hetero) is 1. The number of hydrogen-bond acceptors (Lipinski definition) is 4. The Labute approximate surface area is 147 Å². The molecule has 0 bridgehead atoms. The third-order valence-electron chi connectivity index (χ3n) is 4.11. The third kappa shape index (κ3) is 4.25. The fraction of sp³-hybridized carbons (Fsp3) is 0.474. The summed E-state index contributed by atoms with van der Waals surface area (Å²) in [7, 11) is 0. The van der Waals surface area contributed by atoms with E-state index >= 15 is 0 Å². The van der Waals surface area contributed by atoms with Gasteiger partial charge in [0.05, 0.1) is 17.7 Å². The van der Waals surface area contributed by atoms with Crippen LogP contribution in [0.25, 0.3) is 0 Å². The molecular formula is C19H24FNO4. The van der Waals surface area contributed by atoms with Crippen molar-refractivity contribution >= 4 is 11.7 Å². The number of rotatable bonds is 8. The Morgan fingerprint density at radius 1 is 1.32 bits per heavy atom. The van der Waals surface area contributed by atoms with E-state index in [9.17, 15) is 19.1 Å². The Hall–Kier alpha value is -2.21. The van der Waals surface area contributed by atoms with Crippen LogP contribution < -0.4 is 0 Å². The lowest BCUT2D eigenvalue weighted by molar-refractivity contribution is -0.129. The van der Waals surface area contributed by atoms with E-state index in [4.69, 9.17) is 4.74 Å². The molecule has 0 fully saturated rings. The summed E-state index contributed by atoms with van der Waals surface area (Å²) in [6.07, 6.45) is 0.836. The lowest BCUT2D eigenvalue weighted by atomic mass is 9.95. The van der Waals surface area contributed by atoms with Crippen LogP contribution in [0.2, 0.25) is 0 Å². The second-order valence-electron chi connectivity index (χ2n) is 6.26. The number of halogens is 1. The molecule has 6 heteroatoms. The van der Waals surface area contributed by atoms with Crippen molar-refractivity contribution < 1.29 is 23.8 Å². The Kier molecular flexibility index (Phi) is 6.31. The van der Waals surface area contributed by atoms with Crippen molar-refractivity contribution in [2.45, 2.75) is 45.8 Å². The summed E-state index contributed by atoms with van der Waals surface area (Å²) in [4.78, 5) is 26.2. The molecule has 1 aliphatic rings. The van der Waals surface area contributed by atoms with Gasteiger partial charge in [0.1, 0.15) is 5.82 Å². The van der Waals surface area contributed by atoms with Gasteiger partial charge in [-0.25, -0.2) is 4.39 Å². The molecule has 0 aromatic heterocycles. The Balaban J connectivity index is 2.29. The predicted octanol–water partition coefficient (Wildman–Crippen LogP) is 3.32. The lowest BCUT2D eigenvalue weighted by Crippen LogP contribution is -2.32. The number of ketones is 1. The zero-order chi connectivity index (χ0) is 18.6. The topological polar surface area (TPSA) is 66.8 Å². The zero-order valence-electron chi connectivity index (χ0n) is 14.8. The molecule has 2 rings (SSSR count). The van der Waals surface area contributed by atoms with Crippen LogP contribution in [0.3, 0.4) is 0 Å². The van der Waals surface area contributed by atoms with Crippen LogP contribution in [-0.4, -0.2) is 41.0 Å². The first kappa shape index (κ1) is 19.1. The molecule has 1 atom stereocenters. The summed E-state index contributed by atoms with van der Waals surface area (Å²) >= 11 is 0. The first-order chi connectivity index (χ1) is 11.9. The largest absolute Gasteiger partial charge is 0.503 e. The standard InChI is InChI=1S/C19H24FNO4/c1-4-15(22)16-17(13-6-8-14(20)9-7-13)21(19(24)18(16)23)10-5-11-25-12(2)3/h6-9,12,17,23H,4-5,10-11H2,1-3H3. The maximum absolute atomic E-state index is 13.2. The van der Waals surface area contributed by atoms with E-state index in [1.807, 2.05) is 13.8 Å². The normalized spacial score (nSPS) is 17.7. The number of amides is 1. The van der Waals surface area contributed by atoms with Crippen LogP contribution in [0.5, 0.6) is 0 Å². The Morgan fingerprint density at radius 3 is 2.52 bits per heavy atom. The molecule has 0 aliphatic carbocycles. The second kappa shape index (κ2) is 8.25. The van der Waals surface area contributed by atoms with Gasteiger partial charge in [-0.05, 0) is 38.0 Å². The van der Waals surface area contributed by atoms with E-state index in [1.54, 1.807) is 6.92 Å². The van der Waals surface area contributed by atoms with Crippen molar-refractivity contribution in [3.05, 3.63) is 47.0 Å². The van der Waals surface area contributed by atoms with Crippen LogP contribution in [0.15, 0.2) is 35.6 Å². The molecule has 1 unspecified atom stereocenters. The van der Waals surface area contributed by atoms with Gasteiger partial charge in [-0.15, -0.1) is 0 Å². The molecule has 1 aromatic carbocycles. The van der Waals surface area contributed by atoms with E-state index in [-0.39, 0.29) is 23.9 Å². The maximum Gasteiger partial charge on any atom is 0.290 e. The highest BCUT2D eigenvalue weighted by molar-refractivity contribution is 6.08. The highest BCUT2D eigenvalue weighted by Crippen LogP contribution is 2.38. The Morgan fingerprint density at radius 2 is 1.96 bits per heavy atom. The lowest BCUT2D eigenvalue weighted by Gasteiger charge is -2.27. The quantitative estimate of drug-likeness (QED) is 0.731. The summed E-state index contributed by atoms with van der Waals surface area (Å²) in [5.41, 5.74) is 0.685.